The molecule has 0 aliphatic carbocycles. The molecule has 7 nitrogen and oxygen atoms in total. The number of H-pyrrole nitrogens is 1. The summed E-state index contributed by atoms with van der Waals surface area (Å²) in [5.41, 5.74) is 0.163. The number of carbonyl (C=O) groups excluding carboxylic acids is 2. The minimum Gasteiger partial charge on any atom is -0.461 e. The number of nitrogens with one attached hydrogen (secondary N) is 2. The van der Waals surface area contributed by atoms with Gasteiger partial charge in [-0.3, -0.25) is 4.79 Å². The molecule has 0 radical (unpaired) electrons. The van der Waals surface area contributed by atoms with Gasteiger partial charge in [0, 0.05) is 19.3 Å². The van der Waals surface area contributed by atoms with Crippen molar-refractivity contribution in [3.63, 3.8) is 0 Å². The molecule has 0 unspecified atom stereocenters. The maximum Gasteiger partial charge on any atom is 0.357 e. The first-order chi connectivity index (χ1) is 9.22. The Hall–Kier alpha value is -1.89. The second kappa shape index (κ2) is 6.33. The molecule has 0 saturated carbocycles. The number of imidazole rings is 1. The summed E-state index contributed by atoms with van der Waals surface area (Å²) < 4.78 is 10.1. The summed E-state index contributed by atoms with van der Waals surface area (Å²) >= 11 is 0. The molecule has 1 aliphatic heterocycles. The van der Waals surface area contributed by atoms with Gasteiger partial charge in [0.25, 0.3) is 5.91 Å². The van der Waals surface area contributed by atoms with Gasteiger partial charge >= 0.3 is 5.97 Å². The zero-order chi connectivity index (χ0) is 13.7. The monoisotopic (exact) mass is 267 g/mol. The lowest BCUT2D eigenvalue weighted by Gasteiger charge is -2.22. The Morgan fingerprint density at radius 2 is 2.26 bits per heavy atom. The Kier molecular flexibility index (Phi) is 4.51. The molecule has 1 saturated heterocycles. The molecule has 0 spiro atoms. The number of nitrogens with zero attached hydrogens (tertiary/aromatic N) is 1. The van der Waals surface area contributed by atoms with Crippen LogP contribution in [0.5, 0.6) is 0 Å². The maximum atomic E-state index is 12.1. The van der Waals surface area contributed by atoms with Crippen LogP contribution in [-0.4, -0.2) is 47.7 Å². The fourth-order valence-corrected chi connectivity index (χ4v) is 1.92. The number of hydrogen-bond donors (Lipinski definition) is 2. The van der Waals surface area contributed by atoms with Crippen molar-refractivity contribution in [1.82, 2.24) is 15.3 Å². The van der Waals surface area contributed by atoms with Gasteiger partial charge in [-0.25, -0.2) is 9.78 Å². The van der Waals surface area contributed by atoms with Crippen molar-refractivity contribution in [1.29, 1.82) is 0 Å². The molecular weight excluding hydrogens is 250 g/mol. The smallest absolute Gasteiger partial charge is 0.357 e. The molecule has 1 aliphatic rings. The Labute approximate surface area is 110 Å². The summed E-state index contributed by atoms with van der Waals surface area (Å²) in [4.78, 5) is 30.2. The van der Waals surface area contributed by atoms with Crippen molar-refractivity contribution < 1.29 is 19.1 Å². The van der Waals surface area contributed by atoms with Crippen LogP contribution in [0.1, 0.15) is 40.7 Å². The highest BCUT2D eigenvalue weighted by molar-refractivity contribution is 6.02. The lowest BCUT2D eigenvalue weighted by Crippen LogP contribution is -2.39. The second-order valence-corrected chi connectivity index (χ2v) is 4.21. The molecule has 1 amide bonds. The number of ether oxygens (including phenoxy) is 2. The first-order valence-electron chi connectivity index (χ1n) is 6.31. The molecule has 0 atom stereocenters. The van der Waals surface area contributed by atoms with Crippen LogP contribution in [0.25, 0.3) is 0 Å². The fourth-order valence-electron chi connectivity index (χ4n) is 1.92. The van der Waals surface area contributed by atoms with Crippen LogP contribution in [0.15, 0.2) is 6.33 Å². The van der Waals surface area contributed by atoms with Crippen molar-refractivity contribution in [2.75, 3.05) is 19.8 Å². The molecule has 2 heterocycles. The van der Waals surface area contributed by atoms with E-state index in [0.29, 0.717) is 13.2 Å². The summed E-state index contributed by atoms with van der Waals surface area (Å²) in [6.45, 7) is 3.22. The molecule has 2 rings (SSSR count). The van der Waals surface area contributed by atoms with Crippen LogP contribution < -0.4 is 5.32 Å². The molecule has 1 aromatic rings. The standard InChI is InChI=1S/C12H17N3O4/c1-2-19-12(17)10-9(13-7-14-10)11(16)15-8-3-5-18-6-4-8/h7-8H,2-6H2,1H3,(H,13,14)(H,15,16). The summed E-state index contributed by atoms with van der Waals surface area (Å²) in [6, 6.07) is 0.0630. The van der Waals surface area contributed by atoms with Crippen LogP contribution in [-0.2, 0) is 9.47 Å². The Bertz CT molecular complexity index is 452. The van der Waals surface area contributed by atoms with Gasteiger partial charge in [-0.2, -0.15) is 0 Å². The highest BCUT2D eigenvalue weighted by Crippen LogP contribution is 2.09. The van der Waals surface area contributed by atoms with Gasteiger partial charge in [0.1, 0.15) is 0 Å². The number of hydrogen-bond acceptors (Lipinski definition) is 5. The van der Waals surface area contributed by atoms with Crippen LogP contribution in [0, 0.1) is 0 Å². The lowest BCUT2D eigenvalue weighted by atomic mass is 10.1. The van der Waals surface area contributed by atoms with Crippen LogP contribution in [0.4, 0.5) is 0 Å². The normalized spacial score (nSPS) is 16.1. The Balaban J connectivity index is 2.02. The van der Waals surface area contributed by atoms with Gasteiger partial charge in [0.05, 0.1) is 12.9 Å². The van der Waals surface area contributed by atoms with E-state index in [4.69, 9.17) is 9.47 Å². The number of carbonyl (C=O) groups is 2. The number of esters is 1. The third-order valence-corrected chi connectivity index (χ3v) is 2.89. The third-order valence-electron chi connectivity index (χ3n) is 2.89. The maximum absolute atomic E-state index is 12.1. The summed E-state index contributed by atoms with van der Waals surface area (Å²) in [6.07, 6.45) is 2.85. The topological polar surface area (TPSA) is 93.3 Å². The Morgan fingerprint density at radius 1 is 1.53 bits per heavy atom. The molecule has 0 aromatic carbocycles. The molecule has 2 N–H and O–H groups in total. The largest absolute Gasteiger partial charge is 0.461 e. The Morgan fingerprint density at radius 3 is 2.95 bits per heavy atom. The second-order valence-electron chi connectivity index (χ2n) is 4.21. The molecule has 7 heteroatoms. The van der Waals surface area contributed by atoms with E-state index in [-0.39, 0.29) is 29.9 Å². The summed E-state index contributed by atoms with van der Waals surface area (Å²) in [5, 5.41) is 2.85. The van der Waals surface area contributed by atoms with Crippen LogP contribution >= 0.6 is 0 Å². The number of aromatic amines is 1. The fraction of sp³-hybridized carbons (Fsp3) is 0.583. The van der Waals surface area contributed by atoms with Crippen LogP contribution in [0.2, 0.25) is 0 Å². The average molecular weight is 267 g/mol. The SMILES string of the molecule is CCOC(=O)c1[nH]cnc1C(=O)NC1CCOCC1. The van der Waals surface area contributed by atoms with Crippen molar-refractivity contribution in [2.45, 2.75) is 25.8 Å². The van der Waals surface area contributed by atoms with E-state index in [1.54, 1.807) is 6.92 Å². The van der Waals surface area contributed by atoms with E-state index in [1.165, 1.54) is 6.33 Å². The summed E-state index contributed by atoms with van der Waals surface area (Å²) in [7, 11) is 0. The van der Waals surface area contributed by atoms with Gasteiger partial charge in [0.2, 0.25) is 0 Å². The predicted molar refractivity (Wildman–Crippen MR) is 65.9 cm³/mol. The van der Waals surface area contributed by atoms with E-state index in [0.717, 1.165) is 12.8 Å². The zero-order valence-corrected chi connectivity index (χ0v) is 10.8. The van der Waals surface area contributed by atoms with Crippen molar-refractivity contribution in [3.05, 3.63) is 17.7 Å². The highest BCUT2D eigenvalue weighted by Gasteiger charge is 2.24. The zero-order valence-electron chi connectivity index (χ0n) is 10.8. The molecule has 0 bridgehead atoms. The minimum absolute atomic E-state index is 0.0630. The molecule has 104 valence electrons. The van der Waals surface area contributed by atoms with Gasteiger partial charge in [-0.05, 0) is 19.8 Å². The third kappa shape index (κ3) is 3.31. The van der Waals surface area contributed by atoms with E-state index in [9.17, 15) is 9.59 Å². The number of rotatable bonds is 4. The van der Waals surface area contributed by atoms with Crippen molar-refractivity contribution in [2.24, 2.45) is 0 Å². The quantitative estimate of drug-likeness (QED) is 0.775. The lowest BCUT2D eigenvalue weighted by molar-refractivity contribution is 0.0513. The molecule has 19 heavy (non-hydrogen) atoms. The van der Waals surface area contributed by atoms with Gasteiger partial charge in [-0.15, -0.1) is 0 Å². The van der Waals surface area contributed by atoms with Crippen molar-refractivity contribution in [3.8, 4) is 0 Å². The van der Waals surface area contributed by atoms with Gasteiger partial charge < -0.3 is 19.8 Å². The van der Waals surface area contributed by atoms with Gasteiger partial charge in [-0.1, -0.05) is 0 Å². The predicted octanol–water partition coefficient (Wildman–Crippen LogP) is 0.495. The van der Waals surface area contributed by atoms with E-state index >= 15 is 0 Å². The minimum atomic E-state index is -0.572. The van der Waals surface area contributed by atoms with E-state index in [2.05, 4.69) is 15.3 Å². The van der Waals surface area contributed by atoms with Crippen LogP contribution in [0.3, 0.4) is 0 Å². The van der Waals surface area contributed by atoms with Gasteiger partial charge in [0.15, 0.2) is 11.4 Å². The summed E-state index contributed by atoms with van der Waals surface area (Å²) in [5.74, 6) is -0.937. The number of amides is 1. The first-order valence-corrected chi connectivity index (χ1v) is 6.31. The molecule has 1 fully saturated rings. The highest BCUT2D eigenvalue weighted by atomic mass is 16.5. The molecule has 1 aromatic heterocycles. The molecular formula is C12H17N3O4. The first kappa shape index (κ1) is 13.5. The number of aromatic nitrogens is 2. The average Bonchev–Trinajstić information content (AvgIpc) is 2.89. The van der Waals surface area contributed by atoms with E-state index < -0.39 is 5.97 Å². The van der Waals surface area contributed by atoms with Crippen molar-refractivity contribution >= 4 is 11.9 Å². The van der Waals surface area contributed by atoms with E-state index in [1.807, 2.05) is 0 Å².